The number of anilines is 2. The molecule has 0 unspecified atom stereocenters. The molecule has 0 aromatic heterocycles. The third-order valence-corrected chi connectivity index (χ3v) is 6.04. The van der Waals surface area contributed by atoms with Gasteiger partial charge in [-0.25, -0.2) is 12.8 Å². The molecule has 1 aliphatic rings. The first-order valence-corrected chi connectivity index (χ1v) is 9.97. The van der Waals surface area contributed by atoms with E-state index in [1.165, 1.54) is 12.1 Å². The number of nitrogens with one attached hydrogen (secondary N) is 1. The standard InChI is InChI=1S/C19H23FN2O2S/c1-14-3-6-17(7-4-14)25(23,24)21-18-13-16(20)5-8-19(18)22-11-9-15(2)10-12-22/h3-8,13,15,21H,9-12H2,1-2H3. The molecule has 3 rings (SSSR count). The fourth-order valence-electron chi connectivity index (χ4n) is 3.04. The molecular formula is C19H23FN2O2S. The average molecular weight is 362 g/mol. The lowest BCUT2D eigenvalue weighted by Gasteiger charge is -2.33. The van der Waals surface area contributed by atoms with Crippen molar-refractivity contribution in [2.45, 2.75) is 31.6 Å². The molecule has 1 N–H and O–H groups in total. The number of hydrogen-bond donors (Lipinski definition) is 1. The van der Waals surface area contributed by atoms with Crippen molar-refractivity contribution >= 4 is 21.4 Å². The van der Waals surface area contributed by atoms with Crippen LogP contribution >= 0.6 is 0 Å². The van der Waals surface area contributed by atoms with Crippen molar-refractivity contribution in [1.82, 2.24) is 0 Å². The summed E-state index contributed by atoms with van der Waals surface area (Å²) < 4.78 is 41.6. The second kappa shape index (κ2) is 7.04. The number of piperidine rings is 1. The second-order valence-corrected chi connectivity index (χ2v) is 8.43. The van der Waals surface area contributed by atoms with Crippen LogP contribution in [0, 0.1) is 18.7 Å². The van der Waals surface area contributed by atoms with Gasteiger partial charge in [-0.15, -0.1) is 0 Å². The van der Waals surface area contributed by atoms with Crippen LogP contribution in [0.25, 0.3) is 0 Å². The predicted molar refractivity (Wildman–Crippen MR) is 99.0 cm³/mol. The van der Waals surface area contributed by atoms with E-state index in [2.05, 4.69) is 16.5 Å². The Kier molecular flexibility index (Phi) is 4.99. The summed E-state index contributed by atoms with van der Waals surface area (Å²) in [6, 6.07) is 10.9. The van der Waals surface area contributed by atoms with E-state index in [0.717, 1.165) is 37.2 Å². The highest BCUT2D eigenvalue weighted by Gasteiger charge is 2.22. The van der Waals surface area contributed by atoms with Gasteiger partial charge in [-0.1, -0.05) is 24.6 Å². The Morgan fingerprint density at radius 2 is 1.72 bits per heavy atom. The van der Waals surface area contributed by atoms with Crippen molar-refractivity contribution in [1.29, 1.82) is 0 Å². The summed E-state index contributed by atoms with van der Waals surface area (Å²) in [6.45, 7) is 5.78. The van der Waals surface area contributed by atoms with E-state index in [4.69, 9.17) is 0 Å². The van der Waals surface area contributed by atoms with E-state index < -0.39 is 15.8 Å². The van der Waals surface area contributed by atoms with Gasteiger partial charge in [0.2, 0.25) is 0 Å². The predicted octanol–water partition coefficient (Wildman–Crippen LogP) is 4.17. The Morgan fingerprint density at radius 1 is 1.08 bits per heavy atom. The lowest BCUT2D eigenvalue weighted by atomic mass is 9.98. The van der Waals surface area contributed by atoms with Crippen molar-refractivity contribution in [3.63, 3.8) is 0 Å². The van der Waals surface area contributed by atoms with Crippen LogP contribution in [0.3, 0.4) is 0 Å². The summed E-state index contributed by atoms with van der Waals surface area (Å²) in [5, 5.41) is 0. The number of benzene rings is 2. The SMILES string of the molecule is Cc1ccc(S(=O)(=O)Nc2cc(F)ccc2N2CCC(C)CC2)cc1. The number of hydrogen-bond acceptors (Lipinski definition) is 3. The third-order valence-electron chi connectivity index (χ3n) is 4.66. The quantitative estimate of drug-likeness (QED) is 0.888. The Morgan fingerprint density at radius 3 is 2.36 bits per heavy atom. The number of halogens is 1. The summed E-state index contributed by atoms with van der Waals surface area (Å²) in [4.78, 5) is 2.28. The van der Waals surface area contributed by atoms with Gasteiger partial charge in [0.1, 0.15) is 5.82 Å². The molecule has 0 atom stereocenters. The highest BCUT2D eigenvalue weighted by atomic mass is 32.2. The van der Waals surface area contributed by atoms with E-state index >= 15 is 0 Å². The van der Waals surface area contributed by atoms with Crippen molar-refractivity contribution in [2.24, 2.45) is 5.92 Å². The lowest BCUT2D eigenvalue weighted by molar-refractivity contribution is 0.438. The Hall–Kier alpha value is -2.08. The molecule has 25 heavy (non-hydrogen) atoms. The molecular weight excluding hydrogens is 339 g/mol. The average Bonchev–Trinajstić information content (AvgIpc) is 2.56. The summed E-state index contributed by atoms with van der Waals surface area (Å²) in [7, 11) is -3.76. The second-order valence-electron chi connectivity index (χ2n) is 6.75. The maximum atomic E-state index is 13.8. The van der Waals surface area contributed by atoms with E-state index in [1.54, 1.807) is 30.3 Å². The summed E-state index contributed by atoms with van der Waals surface area (Å²) >= 11 is 0. The normalized spacial score (nSPS) is 16.0. The van der Waals surface area contributed by atoms with E-state index in [-0.39, 0.29) is 10.6 Å². The van der Waals surface area contributed by atoms with Gasteiger partial charge in [0, 0.05) is 19.2 Å². The fourth-order valence-corrected chi connectivity index (χ4v) is 4.10. The Labute approximate surface area is 148 Å². The van der Waals surface area contributed by atoms with Crippen molar-refractivity contribution < 1.29 is 12.8 Å². The van der Waals surface area contributed by atoms with Crippen LogP contribution in [0.4, 0.5) is 15.8 Å². The van der Waals surface area contributed by atoms with E-state index in [0.29, 0.717) is 5.92 Å². The van der Waals surface area contributed by atoms with E-state index in [9.17, 15) is 12.8 Å². The van der Waals surface area contributed by atoms with Gasteiger partial charge in [0.25, 0.3) is 10.0 Å². The van der Waals surface area contributed by atoms with Crippen molar-refractivity contribution in [3.05, 3.63) is 53.8 Å². The van der Waals surface area contributed by atoms with Gasteiger partial charge in [-0.2, -0.15) is 0 Å². The van der Waals surface area contributed by atoms with Crippen molar-refractivity contribution in [3.8, 4) is 0 Å². The topological polar surface area (TPSA) is 49.4 Å². The van der Waals surface area contributed by atoms with Gasteiger partial charge in [-0.3, -0.25) is 4.72 Å². The molecule has 0 radical (unpaired) electrons. The molecule has 0 amide bonds. The van der Waals surface area contributed by atoms with Crippen molar-refractivity contribution in [2.75, 3.05) is 22.7 Å². The van der Waals surface area contributed by atoms with Crippen LogP contribution < -0.4 is 9.62 Å². The number of sulfonamides is 1. The third kappa shape index (κ3) is 4.12. The number of rotatable bonds is 4. The Balaban J connectivity index is 1.91. The van der Waals surface area contributed by atoms with Crippen LogP contribution in [0.2, 0.25) is 0 Å². The molecule has 1 saturated heterocycles. The zero-order valence-electron chi connectivity index (χ0n) is 14.5. The zero-order valence-corrected chi connectivity index (χ0v) is 15.3. The summed E-state index contributed by atoms with van der Waals surface area (Å²) in [5.41, 5.74) is 1.99. The maximum absolute atomic E-state index is 13.8. The molecule has 6 heteroatoms. The molecule has 4 nitrogen and oxygen atoms in total. The van der Waals surface area contributed by atoms with Gasteiger partial charge in [-0.05, 0) is 49.9 Å². The highest BCUT2D eigenvalue weighted by Crippen LogP contribution is 2.32. The maximum Gasteiger partial charge on any atom is 0.261 e. The molecule has 2 aromatic rings. The van der Waals surface area contributed by atoms with Gasteiger partial charge >= 0.3 is 0 Å². The van der Waals surface area contributed by atoms with Crippen LogP contribution in [-0.4, -0.2) is 21.5 Å². The highest BCUT2D eigenvalue weighted by molar-refractivity contribution is 7.92. The Bertz CT molecular complexity index is 842. The summed E-state index contributed by atoms with van der Waals surface area (Å²) in [5.74, 6) is 0.195. The van der Waals surface area contributed by atoms with Crippen LogP contribution in [0.5, 0.6) is 0 Å². The first-order valence-electron chi connectivity index (χ1n) is 8.49. The van der Waals surface area contributed by atoms with Crippen LogP contribution in [0.1, 0.15) is 25.3 Å². The first-order chi connectivity index (χ1) is 11.8. The molecule has 2 aromatic carbocycles. The molecule has 0 bridgehead atoms. The largest absolute Gasteiger partial charge is 0.370 e. The fraction of sp³-hybridized carbons (Fsp3) is 0.368. The molecule has 0 aliphatic carbocycles. The van der Waals surface area contributed by atoms with Gasteiger partial charge in [0.15, 0.2) is 0 Å². The first kappa shape index (κ1) is 17.7. The smallest absolute Gasteiger partial charge is 0.261 e. The lowest BCUT2D eigenvalue weighted by Crippen LogP contribution is -2.33. The minimum Gasteiger partial charge on any atom is -0.370 e. The zero-order chi connectivity index (χ0) is 18.0. The minimum absolute atomic E-state index is 0.167. The molecule has 134 valence electrons. The van der Waals surface area contributed by atoms with Gasteiger partial charge < -0.3 is 4.90 Å². The van der Waals surface area contributed by atoms with E-state index in [1.807, 2.05) is 6.92 Å². The van der Waals surface area contributed by atoms with Gasteiger partial charge in [0.05, 0.1) is 16.3 Å². The monoisotopic (exact) mass is 362 g/mol. The van der Waals surface area contributed by atoms with Crippen LogP contribution in [-0.2, 0) is 10.0 Å². The molecule has 1 aliphatic heterocycles. The molecule has 1 fully saturated rings. The summed E-state index contributed by atoms with van der Waals surface area (Å²) in [6.07, 6.45) is 2.09. The molecule has 1 heterocycles. The molecule has 0 saturated carbocycles. The van der Waals surface area contributed by atoms with Crippen LogP contribution in [0.15, 0.2) is 47.4 Å². The number of nitrogens with zero attached hydrogens (tertiary/aromatic N) is 1. The minimum atomic E-state index is -3.76. The molecule has 0 spiro atoms. The number of aryl methyl sites for hydroxylation is 1.